The molecule has 0 aliphatic carbocycles. The number of hydrogen-bond donors (Lipinski definition) is 2. The summed E-state index contributed by atoms with van der Waals surface area (Å²) in [5, 5.41) is 0. The minimum absolute atomic E-state index is 0.306. The lowest BCUT2D eigenvalue weighted by atomic mass is 10.1. The van der Waals surface area contributed by atoms with Gasteiger partial charge in [0, 0.05) is 17.3 Å². The zero-order chi connectivity index (χ0) is 13.1. The molecule has 0 saturated carbocycles. The fourth-order valence-corrected chi connectivity index (χ4v) is 1.23. The topological polar surface area (TPSA) is 78.3 Å². The number of esters is 1. The van der Waals surface area contributed by atoms with Crippen LogP contribution in [0.3, 0.4) is 0 Å². The molecule has 1 aromatic rings. The molecule has 0 unspecified atom stereocenters. The van der Waals surface area contributed by atoms with Crippen molar-refractivity contribution in [2.45, 2.75) is 26.4 Å². The summed E-state index contributed by atoms with van der Waals surface area (Å²) in [4.78, 5) is 11.9. The van der Waals surface area contributed by atoms with E-state index >= 15 is 0 Å². The molecule has 0 aliphatic heterocycles. The Balaban J connectivity index is 3.07. The molecule has 0 bridgehead atoms. The zero-order valence-electron chi connectivity index (χ0n) is 10.2. The maximum Gasteiger partial charge on any atom is 0.340 e. The first-order valence-electron chi connectivity index (χ1n) is 5.18. The molecular weight excluding hydrogens is 216 g/mol. The standard InChI is InChI=1S/C13H16N2O2/c1-13(2,3)17-12(16)10-8-9(6-7-14)4-5-11(10)15/h4-5,8H,14-15H2,1-3H3. The lowest BCUT2D eigenvalue weighted by Gasteiger charge is -2.20. The minimum atomic E-state index is -0.556. The number of carbonyl (C=O) groups excluding carboxylic acids is 1. The van der Waals surface area contributed by atoms with Crippen LogP contribution in [-0.4, -0.2) is 11.6 Å². The molecule has 0 aliphatic rings. The van der Waals surface area contributed by atoms with E-state index in [0.29, 0.717) is 16.8 Å². The lowest BCUT2D eigenvalue weighted by molar-refractivity contribution is 0.00708. The molecule has 0 spiro atoms. The second kappa shape index (κ2) is 4.79. The van der Waals surface area contributed by atoms with Gasteiger partial charge in [-0.05, 0) is 44.9 Å². The maximum atomic E-state index is 11.9. The van der Waals surface area contributed by atoms with Crippen molar-refractivity contribution in [1.82, 2.24) is 0 Å². The largest absolute Gasteiger partial charge is 0.456 e. The molecule has 0 heterocycles. The number of hydrogen-bond acceptors (Lipinski definition) is 4. The number of rotatable bonds is 1. The Morgan fingerprint density at radius 3 is 2.53 bits per heavy atom. The molecule has 90 valence electrons. The third-order valence-electron chi connectivity index (χ3n) is 1.89. The third-order valence-corrected chi connectivity index (χ3v) is 1.89. The van der Waals surface area contributed by atoms with E-state index in [1.54, 1.807) is 39.0 Å². The first-order valence-corrected chi connectivity index (χ1v) is 5.18. The summed E-state index contributed by atoms with van der Waals surface area (Å²) >= 11 is 0. The van der Waals surface area contributed by atoms with Crippen molar-refractivity contribution in [2.75, 3.05) is 5.73 Å². The normalized spacial score (nSPS) is 10.3. The number of nitrogens with two attached hydrogens (primary N) is 2. The molecule has 17 heavy (non-hydrogen) atoms. The van der Waals surface area contributed by atoms with Gasteiger partial charge in [0.25, 0.3) is 0 Å². The van der Waals surface area contributed by atoms with Crippen molar-refractivity contribution in [2.24, 2.45) is 5.73 Å². The first-order chi connectivity index (χ1) is 7.83. The van der Waals surface area contributed by atoms with Gasteiger partial charge in [-0.25, -0.2) is 4.79 Å². The molecule has 1 rings (SSSR count). The van der Waals surface area contributed by atoms with Gasteiger partial charge in [0.05, 0.1) is 5.56 Å². The van der Waals surface area contributed by atoms with E-state index in [2.05, 4.69) is 12.0 Å². The van der Waals surface area contributed by atoms with E-state index < -0.39 is 11.6 Å². The van der Waals surface area contributed by atoms with Crippen LogP contribution in [0.15, 0.2) is 18.2 Å². The predicted molar refractivity (Wildman–Crippen MR) is 67.1 cm³/mol. The van der Waals surface area contributed by atoms with Gasteiger partial charge < -0.3 is 16.2 Å². The van der Waals surface area contributed by atoms with Gasteiger partial charge in [0.2, 0.25) is 0 Å². The number of nitrogen functional groups attached to an aromatic ring is 1. The van der Waals surface area contributed by atoms with Gasteiger partial charge in [-0.2, -0.15) is 0 Å². The van der Waals surface area contributed by atoms with Crippen molar-refractivity contribution in [3.05, 3.63) is 29.3 Å². The van der Waals surface area contributed by atoms with E-state index in [1.165, 1.54) is 0 Å². The molecule has 0 fully saturated rings. The fourth-order valence-electron chi connectivity index (χ4n) is 1.23. The highest BCUT2D eigenvalue weighted by Gasteiger charge is 2.19. The highest BCUT2D eigenvalue weighted by molar-refractivity contribution is 5.95. The summed E-state index contributed by atoms with van der Waals surface area (Å²) < 4.78 is 5.24. The number of ether oxygens (including phenoxy) is 1. The van der Waals surface area contributed by atoms with Gasteiger partial charge in [-0.1, -0.05) is 0 Å². The molecule has 0 saturated heterocycles. The third kappa shape index (κ3) is 3.72. The molecular formula is C13H16N2O2. The Morgan fingerprint density at radius 1 is 1.35 bits per heavy atom. The molecule has 4 nitrogen and oxygen atoms in total. The highest BCUT2D eigenvalue weighted by atomic mass is 16.6. The van der Waals surface area contributed by atoms with E-state index in [4.69, 9.17) is 16.2 Å². The Morgan fingerprint density at radius 2 is 2.00 bits per heavy atom. The minimum Gasteiger partial charge on any atom is -0.456 e. The van der Waals surface area contributed by atoms with Crippen LogP contribution in [0, 0.1) is 12.0 Å². The van der Waals surface area contributed by atoms with Crippen LogP contribution in [0.25, 0.3) is 0 Å². The quantitative estimate of drug-likeness (QED) is 0.333. The first kappa shape index (κ1) is 12.9. The molecule has 0 amide bonds. The summed E-state index contributed by atoms with van der Waals surface area (Å²) in [6.45, 7) is 5.39. The lowest BCUT2D eigenvalue weighted by Crippen LogP contribution is -2.24. The number of carbonyl (C=O) groups is 1. The van der Waals surface area contributed by atoms with Crippen molar-refractivity contribution >= 4 is 11.7 Å². The molecule has 0 aromatic heterocycles. The van der Waals surface area contributed by atoms with E-state index in [-0.39, 0.29) is 0 Å². The molecule has 0 atom stereocenters. The average Bonchev–Trinajstić information content (AvgIpc) is 2.18. The van der Waals surface area contributed by atoms with Crippen LogP contribution in [0.4, 0.5) is 5.69 Å². The van der Waals surface area contributed by atoms with Gasteiger partial charge in [0.15, 0.2) is 0 Å². The average molecular weight is 232 g/mol. The predicted octanol–water partition coefficient (Wildman–Crippen LogP) is 1.49. The van der Waals surface area contributed by atoms with Crippen molar-refractivity contribution in [3.8, 4) is 12.0 Å². The van der Waals surface area contributed by atoms with Gasteiger partial charge in [-0.3, -0.25) is 0 Å². The SMILES string of the molecule is CC(C)(C)OC(=O)c1cc(C#CN)ccc1N. The summed E-state index contributed by atoms with van der Waals surface area (Å²) in [7, 11) is 0. The van der Waals surface area contributed by atoms with Crippen LogP contribution in [0.5, 0.6) is 0 Å². The maximum absolute atomic E-state index is 11.9. The van der Waals surface area contributed by atoms with Gasteiger partial charge >= 0.3 is 5.97 Å². The fraction of sp³-hybridized carbons (Fsp3) is 0.308. The summed E-state index contributed by atoms with van der Waals surface area (Å²) in [6.07, 6.45) is 0. The summed E-state index contributed by atoms with van der Waals surface area (Å²) in [6, 6.07) is 7.16. The van der Waals surface area contributed by atoms with Crippen LogP contribution < -0.4 is 11.5 Å². The Kier molecular flexibility index (Phi) is 3.64. The van der Waals surface area contributed by atoms with Gasteiger partial charge in [0.1, 0.15) is 5.60 Å². The molecule has 4 N–H and O–H groups in total. The van der Waals surface area contributed by atoms with Crippen LogP contribution in [0.2, 0.25) is 0 Å². The second-order valence-corrected chi connectivity index (χ2v) is 4.57. The van der Waals surface area contributed by atoms with Crippen LogP contribution in [-0.2, 0) is 4.74 Å². The van der Waals surface area contributed by atoms with Crippen molar-refractivity contribution in [3.63, 3.8) is 0 Å². The summed E-state index contributed by atoms with van der Waals surface area (Å²) in [5.74, 6) is 2.19. The highest BCUT2D eigenvalue weighted by Crippen LogP contribution is 2.18. The smallest absolute Gasteiger partial charge is 0.340 e. The van der Waals surface area contributed by atoms with Crippen LogP contribution >= 0.6 is 0 Å². The van der Waals surface area contributed by atoms with E-state index in [9.17, 15) is 4.79 Å². The van der Waals surface area contributed by atoms with Gasteiger partial charge in [-0.15, -0.1) is 0 Å². The zero-order valence-corrected chi connectivity index (χ0v) is 10.2. The van der Waals surface area contributed by atoms with Crippen molar-refractivity contribution in [1.29, 1.82) is 0 Å². The van der Waals surface area contributed by atoms with E-state index in [1.807, 2.05) is 0 Å². The monoisotopic (exact) mass is 232 g/mol. The van der Waals surface area contributed by atoms with Crippen molar-refractivity contribution < 1.29 is 9.53 Å². The molecule has 1 aromatic carbocycles. The second-order valence-electron chi connectivity index (χ2n) is 4.57. The van der Waals surface area contributed by atoms with E-state index in [0.717, 1.165) is 0 Å². The Labute approximate surface area is 101 Å². The number of anilines is 1. The summed E-state index contributed by atoms with van der Waals surface area (Å²) in [5.41, 5.74) is 11.6. The Hall–Kier alpha value is -2.15. The van der Waals surface area contributed by atoms with Crippen LogP contribution in [0.1, 0.15) is 36.7 Å². The molecule has 4 heteroatoms. The Bertz CT molecular complexity index is 490. The number of benzene rings is 1. The molecule has 0 radical (unpaired) electrons.